The summed E-state index contributed by atoms with van der Waals surface area (Å²) in [5.41, 5.74) is -0.494. The summed E-state index contributed by atoms with van der Waals surface area (Å²) >= 11 is 0. The number of carboxylic acid groups (broad SMARTS) is 1. The molecular formula is C10H16N4O4. The summed E-state index contributed by atoms with van der Waals surface area (Å²) in [7, 11) is 1.55. The third kappa shape index (κ3) is 3.72. The Bertz CT molecular complexity index is 461. The first kappa shape index (κ1) is 13.9. The lowest BCUT2D eigenvalue weighted by atomic mass is 10.2. The summed E-state index contributed by atoms with van der Waals surface area (Å²) in [5.74, 6) is -1.19. The van der Waals surface area contributed by atoms with Crippen molar-refractivity contribution in [3.8, 4) is 0 Å². The summed E-state index contributed by atoms with van der Waals surface area (Å²) in [6.45, 7) is 5.20. The van der Waals surface area contributed by atoms with Crippen LogP contribution in [0.4, 0.5) is 4.79 Å². The van der Waals surface area contributed by atoms with Gasteiger partial charge in [-0.2, -0.15) is 0 Å². The number of nitrogens with one attached hydrogen (secondary N) is 1. The zero-order valence-electron chi connectivity index (χ0n) is 10.7. The van der Waals surface area contributed by atoms with Crippen LogP contribution in [0.15, 0.2) is 0 Å². The van der Waals surface area contributed by atoms with E-state index in [1.807, 2.05) is 0 Å². The second kappa shape index (κ2) is 5.03. The normalized spacial score (nSPS) is 11.1. The van der Waals surface area contributed by atoms with Crippen LogP contribution in [-0.2, 0) is 18.3 Å². The lowest BCUT2D eigenvalue weighted by Crippen LogP contribution is -2.33. The van der Waals surface area contributed by atoms with E-state index in [9.17, 15) is 9.59 Å². The number of nitrogens with zero attached hydrogens (tertiary/aromatic N) is 3. The Morgan fingerprint density at radius 3 is 2.56 bits per heavy atom. The van der Waals surface area contributed by atoms with Crippen LogP contribution in [0.1, 0.15) is 37.0 Å². The summed E-state index contributed by atoms with van der Waals surface area (Å²) in [5, 5.41) is 18.4. The fraction of sp³-hybridized carbons (Fsp3) is 0.600. The zero-order chi connectivity index (χ0) is 13.9. The molecule has 8 nitrogen and oxygen atoms in total. The molecule has 0 aliphatic carbocycles. The van der Waals surface area contributed by atoms with Gasteiger partial charge in [-0.3, -0.25) is 0 Å². The van der Waals surface area contributed by atoms with Crippen LogP contribution in [0.3, 0.4) is 0 Å². The van der Waals surface area contributed by atoms with E-state index in [-0.39, 0.29) is 12.2 Å². The fourth-order valence-electron chi connectivity index (χ4n) is 1.21. The quantitative estimate of drug-likeness (QED) is 0.817. The molecule has 8 heteroatoms. The highest BCUT2D eigenvalue weighted by Crippen LogP contribution is 2.08. The van der Waals surface area contributed by atoms with Crippen molar-refractivity contribution in [1.29, 1.82) is 0 Å². The molecule has 0 aliphatic heterocycles. The van der Waals surface area contributed by atoms with Gasteiger partial charge < -0.3 is 15.2 Å². The second-order valence-electron chi connectivity index (χ2n) is 4.67. The molecule has 0 fully saturated rings. The van der Waals surface area contributed by atoms with Crippen molar-refractivity contribution >= 4 is 12.1 Å². The molecule has 0 unspecified atom stereocenters. The highest BCUT2D eigenvalue weighted by atomic mass is 16.6. The molecule has 0 radical (unpaired) electrons. The van der Waals surface area contributed by atoms with Crippen LogP contribution >= 0.6 is 0 Å². The third-order valence-electron chi connectivity index (χ3n) is 1.94. The maximum absolute atomic E-state index is 11.4. The number of aromatic carboxylic acids is 1. The summed E-state index contributed by atoms with van der Waals surface area (Å²) < 4.78 is 6.32. The Labute approximate surface area is 104 Å². The van der Waals surface area contributed by atoms with Crippen LogP contribution in [0.5, 0.6) is 0 Å². The van der Waals surface area contributed by atoms with Crippen LogP contribution in [0.2, 0.25) is 0 Å². The molecule has 0 saturated heterocycles. The maximum Gasteiger partial charge on any atom is 0.407 e. The van der Waals surface area contributed by atoms with E-state index in [4.69, 9.17) is 9.84 Å². The molecule has 0 saturated carbocycles. The zero-order valence-corrected chi connectivity index (χ0v) is 10.7. The monoisotopic (exact) mass is 256 g/mol. The molecule has 0 bridgehead atoms. The number of hydrogen-bond acceptors (Lipinski definition) is 5. The molecule has 0 aliphatic rings. The number of carboxylic acids is 1. The van der Waals surface area contributed by atoms with Gasteiger partial charge in [0.15, 0.2) is 5.69 Å². The minimum absolute atomic E-state index is 0.0138. The summed E-state index contributed by atoms with van der Waals surface area (Å²) in [6, 6.07) is 0. The predicted molar refractivity (Wildman–Crippen MR) is 61.0 cm³/mol. The highest BCUT2D eigenvalue weighted by Gasteiger charge is 2.20. The van der Waals surface area contributed by atoms with Gasteiger partial charge in [0.2, 0.25) is 0 Å². The number of carbonyl (C=O) groups is 2. The van der Waals surface area contributed by atoms with Crippen molar-refractivity contribution in [2.75, 3.05) is 0 Å². The van der Waals surface area contributed by atoms with E-state index in [0.717, 1.165) is 0 Å². The molecular weight excluding hydrogens is 240 g/mol. The van der Waals surface area contributed by atoms with E-state index in [2.05, 4.69) is 15.6 Å². The number of aryl methyl sites for hydroxylation is 1. The van der Waals surface area contributed by atoms with Crippen molar-refractivity contribution in [2.45, 2.75) is 32.9 Å². The number of amides is 1. The Balaban J connectivity index is 2.67. The molecule has 0 spiro atoms. The first-order valence-electron chi connectivity index (χ1n) is 5.29. The van der Waals surface area contributed by atoms with E-state index in [1.54, 1.807) is 27.8 Å². The van der Waals surface area contributed by atoms with Crippen LogP contribution < -0.4 is 5.32 Å². The van der Waals surface area contributed by atoms with E-state index in [0.29, 0.717) is 5.69 Å². The molecule has 1 amide bonds. The minimum Gasteiger partial charge on any atom is -0.476 e. The smallest absolute Gasteiger partial charge is 0.407 e. The van der Waals surface area contributed by atoms with Gasteiger partial charge in [0, 0.05) is 7.05 Å². The van der Waals surface area contributed by atoms with Gasteiger partial charge in [-0.05, 0) is 20.8 Å². The highest BCUT2D eigenvalue weighted by molar-refractivity contribution is 5.86. The average Bonchev–Trinajstić information content (AvgIpc) is 2.54. The van der Waals surface area contributed by atoms with Crippen LogP contribution in [-0.4, -0.2) is 37.8 Å². The van der Waals surface area contributed by atoms with Crippen molar-refractivity contribution in [1.82, 2.24) is 20.3 Å². The van der Waals surface area contributed by atoms with Gasteiger partial charge in [0.1, 0.15) is 5.60 Å². The number of ether oxygens (including phenoxy) is 1. The van der Waals surface area contributed by atoms with Crippen molar-refractivity contribution in [3.05, 3.63) is 11.4 Å². The molecule has 1 heterocycles. The molecule has 0 aromatic carbocycles. The van der Waals surface area contributed by atoms with E-state index in [1.165, 1.54) is 4.68 Å². The summed E-state index contributed by atoms with van der Waals surface area (Å²) in [4.78, 5) is 22.3. The number of carbonyl (C=O) groups excluding carboxylic acids is 1. The van der Waals surface area contributed by atoms with Gasteiger partial charge >= 0.3 is 12.1 Å². The topological polar surface area (TPSA) is 106 Å². The first-order chi connectivity index (χ1) is 8.20. The van der Waals surface area contributed by atoms with Gasteiger partial charge in [-0.1, -0.05) is 5.21 Å². The number of rotatable bonds is 3. The number of aromatic nitrogens is 3. The molecule has 1 aromatic heterocycles. The third-order valence-corrected chi connectivity index (χ3v) is 1.94. The molecule has 1 rings (SSSR count). The molecule has 18 heavy (non-hydrogen) atoms. The van der Waals surface area contributed by atoms with Crippen LogP contribution in [0.25, 0.3) is 0 Å². The fourth-order valence-corrected chi connectivity index (χ4v) is 1.21. The average molecular weight is 256 g/mol. The van der Waals surface area contributed by atoms with Crippen LogP contribution in [0, 0.1) is 0 Å². The Hall–Kier alpha value is -2.12. The largest absolute Gasteiger partial charge is 0.476 e. The van der Waals surface area contributed by atoms with Gasteiger partial charge in [0.05, 0.1) is 12.2 Å². The Kier molecular flexibility index (Phi) is 3.89. The lowest BCUT2D eigenvalue weighted by Gasteiger charge is -2.19. The number of alkyl carbamates (subject to hydrolysis) is 1. The summed E-state index contributed by atoms with van der Waals surface area (Å²) in [6.07, 6.45) is -0.625. The minimum atomic E-state index is -1.19. The predicted octanol–water partition coefficient (Wildman–Crippen LogP) is 0.538. The van der Waals surface area contributed by atoms with Gasteiger partial charge in [-0.25, -0.2) is 14.3 Å². The molecule has 100 valence electrons. The van der Waals surface area contributed by atoms with E-state index < -0.39 is 17.7 Å². The second-order valence-corrected chi connectivity index (χ2v) is 4.67. The molecule has 2 N–H and O–H groups in total. The Morgan fingerprint density at radius 2 is 2.06 bits per heavy atom. The lowest BCUT2D eigenvalue weighted by molar-refractivity contribution is 0.0519. The van der Waals surface area contributed by atoms with Crippen molar-refractivity contribution in [3.63, 3.8) is 0 Å². The standard InChI is InChI=1S/C10H16N4O4/c1-10(2,3)18-9(17)11-5-6-7(8(15)16)12-13-14(6)4/h5H2,1-4H3,(H,11,17)(H,15,16). The van der Waals surface area contributed by atoms with E-state index >= 15 is 0 Å². The maximum atomic E-state index is 11.4. The Morgan fingerprint density at radius 1 is 1.44 bits per heavy atom. The molecule has 0 atom stereocenters. The molecule has 1 aromatic rings. The number of hydrogen-bond donors (Lipinski definition) is 2. The SMILES string of the molecule is Cn1nnc(C(=O)O)c1CNC(=O)OC(C)(C)C. The van der Waals surface area contributed by atoms with Gasteiger partial charge in [-0.15, -0.1) is 5.10 Å². The first-order valence-corrected chi connectivity index (χ1v) is 5.29. The van der Waals surface area contributed by atoms with Gasteiger partial charge in [0.25, 0.3) is 0 Å². The van der Waals surface area contributed by atoms with Crippen molar-refractivity contribution < 1.29 is 19.4 Å². The van der Waals surface area contributed by atoms with Crippen molar-refractivity contribution in [2.24, 2.45) is 7.05 Å².